The van der Waals surface area contributed by atoms with Gasteiger partial charge in [-0.3, -0.25) is 5.41 Å². The molecule has 1 aromatic heterocycles. The van der Waals surface area contributed by atoms with Gasteiger partial charge in [0.05, 0.1) is 6.04 Å². The molecule has 1 N–H and O–H groups in total. The summed E-state index contributed by atoms with van der Waals surface area (Å²) in [6, 6.07) is 40.2. The quantitative estimate of drug-likeness (QED) is 0.148. The Balaban J connectivity index is 1.08. The van der Waals surface area contributed by atoms with Gasteiger partial charge in [-0.2, -0.15) is 0 Å². The van der Waals surface area contributed by atoms with E-state index in [4.69, 9.17) is 14.8 Å². The normalized spacial score (nSPS) is 19.5. The number of hydrogen-bond acceptors (Lipinski definition) is 3. The molecule has 2 heterocycles. The Morgan fingerprint density at radius 2 is 1.65 bits per heavy atom. The monoisotopic (exact) mass is 660 g/mol. The summed E-state index contributed by atoms with van der Waals surface area (Å²) in [4.78, 5) is 12.0. The Morgan fingerprint density at radius 3 is 2.47 bits per heavy atom. The van der Waals surface area contributed by atoms with E-state index in [1.807, 2.05) is 60.8 Å². The minimum Gasteiger partial charge on any atom is -0.455 e. The first-order chi connectivity index (χ1) is 25.1. The molecule has 0 spiro atoms. The fourth-order valence-electron chi connectivity index (χ4n) is 7.69. The van der Waals surface area contributed by atoms with Crippen molar-refractivity contribution < 1.29 is 4.42 Å². The van der Waals surface area contributed by atoms with E-state index < -0.39 is 0 Å². The summed E-state index contributed by atoms with van der Waals surface area (Å²) in [5.41, 5.74) is 10.1. The van der Waals surface area contributed by atoms with E-state index in [0.29, 0.717) is 5.84 Å². The molecule has 2 atom stereocenters. The maximum Gasteiger partial charge on any atom is 0.161 e. The molecule has 9 rings (SSSR count). The van der Waals surface area contributed by atoms with Crippen LogP contribution in [0.5, 0.6) is 0 Å². The van der Waals surface area contributed by atoms with E-state index in [1.165, 1.54) is 16.9 Å². The average Bonchev–Trinajstić information content (AvgIpc) is 3.69. The second kappa shape index (κ2) is 12.5. The predicted octanol–water partition coefficient (Wildman–Crippen LogP) is 11.3. The van der Waals surface area contributed by atoms with Gasteiger partial charge in [-0.15, -0.1) is 0 Å². The Bertz CT molecular complexity index is 2520. The van der Waals surface area contributed by atoms with Crippen LogP contribution in [-0.2, 0) is 5.41 Å². The van der Waals surface area contributed by atoms with Crippen LogP contribution in [0.25, 0.3) is 33.1 Å². The van der Waals surface area contributed by atoms with Gasteiger partial charge in [0.15, 0.2) is 5.84 Å². The summed E-state index contributed by atoms with van der Waals surface area (Å²) in [6.07, 6.45) is 18.6. The molecule has 0 radical (unpaired) electrons. The van der Waals surface area contributed by atoms with Gasteiger partial charge in [0.2, 0.25) is 0 Å². The van der Waals surface area contributed by atoms with Crippen molar-refractivity contribution in [3.63, 3.8) is 0 Å². The van der Waals surface area contributed by atoms with Gasteiger partial charge in [-0.25, -0.2) is 9.98 Å². The highest BCUT2D eigenvalue weighted by atomic mass is 16.3. The number of allylic oxidation sites excluding steroid dienone is 5. The summed E-state index contributed by atoms with van der Waals surface area (Å²) in [7, 11) is 0. The minimum atomic E-state index is -0.154. The number of anilines is 2. The molecule has 246 valence electrons. The Labute approximate surface area is 297 Å². The summed E-state index contributed by atoms with van der Waals surface area (Å²) in [6.45, 7) is 2.34. The van der Waals surface area contributed by atoms with Crippen molar-refractivity contribution in [2.24, 2.45) is 9.98 Å². The molecular weight excluding hydrogens is 625 g/mol. The standard InChI is InChI=1S/C46H36N4O/c1-46-27-12-11-22-42(46)50(36-19-9-4-10-20-36)40-26-24-33(28-39(40)46)34-23-25-37-38-21-13-18-35(43(38)51-41(37)29-34)30-48-45(32-16-7-3-8-17-32)49-44(47)31-14-5-2-6-15-31/h2-5,7-14,16-30,42,47H,6,15H2,1H3. The zero-order valence-electron chi connectivity index (χ0n) is 28.3. The highest BCUT2D eigenvalue weighted by Gasteiger charge is 2.46. The number of fused-ring (bicyclic) bond motifs is 6. The van der Waals surface area contributed by atoms with E-state index in [1.54, 1.807) is 0 Å². The number of furan rings is 1. The molecule has 0 saturated heterocycles. The SMILES string of the molecule is CC12C=CC=CC1N(c1ccccc1)c1ccc(-c3ccc4c(c3)oc3c(C=NC(=NC(=N)C5=CC=CCC5)c5ccccc5)cccc34)cc12. The highest BCUT2D eigenvalue weighted by molar-refractivity contribution is 6.16. The number of aliphatic imine (C=N–C) groups is 2. The first-order valence-corrected chi connectivity index (χ1v) is 17.5. The van der Waals surface area contributed by atoms with Crippen molar-refractivity contribution in [1.82, 2.24) is 0 Å². The van der Waals surface area contributed by atoms with Crippen LogP contribution in [0.3, 0.4) is 0 Å². The third kappa shape index (κ3) is 5.38. The minimum absolute atomic E-state index is 0.154. The fourth-order valence-corrected chi connectivity index (χ4v) is 7.69. The third-order valence-corrected chi connectivity index (χ3v) is 10.4. The van der Waals surface area contributed by atoms with E-state index >= 15 is 0 Å². The van der Waals surface area contributed by atoms with Crippen LogP contribution in [-0.4, -0.2) is 23.9 Å². The third-order valence-electron chi connectivity index (χ3n) is 10.4. The van der Waals surface area contributed by atoms with Gasteiger partial charge in [-0.1, -0.05) is 115 Å². The van der Waals surface area contributed by atoms with E-state index in [0.717, 1.165) is 62.6 Å². The molecule has 0 saturated carbocycles. The molecule has 2 unspecified atom stereocenters. The number of nitrogens with one attached hydrogen (secondary N) is 1. The molecule has 0 fully saturated rings. The molecule has 51 heavy (non-hydrogen) atoms. The van der Waals surface area contributed by atoms with E-state index in [2.05, 4.69) is 120 Å². The molecule has 3 aliphatic rings. The number of hydrogen-bond donors (Lipinski definition) is 1. The zero-order chi connectivity index (χ0) is 34.4. The number of para-hydroxylation sites is 2. The topological polar surface area (TPSA) is 65.0 Å². The first kappa shape index (κ1) is 30.7. The Morgan fingerprint density at radius 1 is 0.843 bits per heavy atom. The fraction of sp³-hybridized carbons (Fsp3) is 0.109. The van der Waals surface area contributed by atoms with Crippen LogP contribution in [0.15, 0.2) is 178 Å². The molecule has 2 aliphatic carbocycles. The molecule has 0 amide bonds. The van der Waals surface area contributed by atoms with Crippen LogP contribution in [0, 0.1) is 5.41 Å². The lowest BCUT2D eigenvalue weighted by molar-refractivity contribution is 0.551. The lowest BCUT2D eigenvalue weighted by atomic mass is 9.75. The molecule has 5 nitrogen and oxygen atoms in total. The number of nitrogens with zero attached hydrogens (tertiary/aromatic N) is 3. The second-order valence-electron chi connectivity index (χ2n) is 13.5. The zero-order valence-corrected chi connectivity index (χ0v) is 28.3. The maximum atomic E-state index is 8.70. The largest absolute Gasteiger partial charge is 0.455 e. The van der Waals surface area contributed by atoms with Crippen LogP contribution in [0.1, 0.15) is 36.5 Å². The van der Waals surface area contributed by atoms with Crippen molar-refractivity contribution in [2.45, 2.75) is 31.2 Å². The molecule has 6 aromatic rings. The maximum absolute atomic E-state index is 8.70. The van der Waals surface area contributed by atoms with Crippen molar-refractivity contribution in [3.8, 4) is 11.1 Å². The van der Waals surface area contributed by atoms with Crippen LogP contribution in [0.4, 0.5) is 11.4 Å². The van der Waals surface area contributed by atoms with Crippen LogP contribution in [0.2, 0.25) is 0 Å². The van der Waals surface area contributed by atoms with Gasteiger partial charge < -0.3 is 9.32 Å². The molecule has 1 aliphatic heterocycles. The van der Waals surface area contributed by atoms with Crippen LogP contribution >= 0.6 is 0 Å². The van der Waals surface area contributed by atoms with Gasteiger partial charge in [0.1, 0.15) is 17.0 Å². The average molecular weight is 661 g/mol. The van der Waals surface area contributed by atoms with Crippen molar-refractivity contribution in [1.29, 1.82) is 5.41 Å². The van der Waals surface area contributed by atoms with Crippen molar-refractivity contribution >= 4 is 51.2 Å². The van der Waals surface area contributed by atoms with Crippen molar-refractivity contribution in [2.75, 3.05) is 4.90 Å². The van der Waals surface area contributed by atoms with Crippen molar-refractivity contribution in [3.05, 3.63) is 180 Å². The summed E-state index contributed by atoms with van der Waals surface area (Å²) in [5, 5.41) is 10.8. The van der Waals surface area contributed by atoms with Gasteiger partial charge in [-0.05, 0) is 84.5 Å². The predicted molar refractivity (Wildman–Crippen MR) is 212 cm³/mol. The Hall–Kier alpha value is -6.33. The summed E-state index contributed by atoms with van der Waals surface area (Å²) >= 11 is 0. The second-order valence-corrected chi connectivity index (χ2v) is 13.5. The lowest BCUT2D eigenvalue weighted by Gasteiger charge is -2.34. The number of benzene rings is 5. The number of amidine groups is 2. The highest BCUT2D eigenvalue weighted by Crippen LogP contribution is 2.52. The van der Waals surface area contributed by atoms with E-state index in [9.17, 15) is 0 Å². The first-order valence-electron chi connectivity index (χ1n) is 17.5. The van der Waals surface area contributed by atoms with Gasteiger partial charge in [0, 0.05) is 44.9 Å². The van der Waals surface area contributed by atoms with E-state index in [-0.39, 0.29) is 17.3 Å². The van der Waals surface area contributed by atoms with Gasteiger partial charge >= 0.3 is 0 Å². The molecule has 5 aromatic carbocycles. The molecule has 5 heteroatoms. The molecule has 0 bridgehead atoms. The summed E-state index contributed by atoms with van der Waals surface area (Å²) in [5.74, 6) is 0.734. The number of rotatable bonds is 5. The van der Waals surface area contributed by atoms with Crippen LogP contribution < -0.4 is 4.90 Å². The lowest BCUT2D eigenvalue weighted by Crippen LogP contribution is -2.39. The molecular formula is C46H36N4O. The summed E-state index contributed by atoms with van der Waals surface area (Å²) < 4.78 is 6.61. The van der Waals surface area contributed by atoms with Gasteiger partial charge in [0.25, 0.3) is 0 Å². The smallest absolute Gasteiger partial charge is 0.161 e. The Kier molecular flexibility index (Phi) is 7.54.